The molecule has 0 amide bonds. The van der Waals surface area contributed by atoms with E-state index >= 15 is 0 Å². The molecule has 3 rings (SSSR count). The average molecular weight is 315 g/mol. The molecule has 3 aromatic heterocycles. The standard InChI is InChI=1S/C17H21N3OS/c1-12-5-3-7-20-14(11-19-17(12)20)10-18-13(2)9-15(21)16-6-4-8-22-16/h3-8,11,13,15,18,21H,9-10H2,1-2H3. The Hall–Kier alpha value is -1.69. The van der Waals surface area contributed by atoms with Crippen molar-refractivity contribution >= 4 is 17.0 Å². The van der Waals surface area contributed by atoms with Crippen LogP contribution in [0.15, 0.2) is 42.0 Å². The fraction of sp³-hybridized carbons (Fsp3) is 0.353. The lowest BCUT2D eigenvalue weighted by molar-refractivity contribution is 0.157. The van der Waals surface area contributed by atoms with Crippen LogP contribution in [-0.2, 0) is 6.54 Å². The molecule has 22 heavy (non-hydrogen) atoms. The van der Waals surface area contributed by atoms with E-state index in [4.69, 9.17) is 0 Å². The van der Waals surface area contributed by atoms with Crippen molar-refractivity contribution in [2.75, 3.05) is 0 Å². The van der Waals surface area contributed by atoms with Gasteiger partial charge in [0.1, 0.15) is 5.65 Å². The maximum absolute atomic E-state index is 10.2. The van der Waals surface area contributed by atoms with E-state index in [0.717, 1.165) is 22.8 Å². The van der Waals surface area contributed by atoms with Crippen molar-refractivity contribution in [1.82, 2.24) is 14.7 Å². The summed E-state index contributed by atoms with van der Waals surface area (Å²) in [5.41, 5.74) is 3.32. The van der Waals surface area contributed by atoms with Crippen LogP contribution >= 0.6 is 11.3 Å². The number of imidazole rings is 1. The Morgan fingerprint density at radius 1 is 1.36 bits per heavy atom. The molecule has 0 saturated carbocycles. The Kier molecular flexibility index (Phi) is 4.57. The number of aliphatic hydroxyl groups excluding tert-OH is 1. The predicted octanol–water partition coefficient (Wildman–Crippen LogP) is 3.31. The van der Waals surface area contributed by atoms with Crippen LogP contribution in [0.2, 0.25) is 0 Å². The molecule has 3 aromatic rings. The van der Waals surface area contributed by atoms with E-state index in [9.17, 15) is 5.11 Å². The van der Waals surface area contributed by atoms with E-state index in [1.54, 1.807) is 11.3 Å². The molecule has 116 valence electrons. The summed E-state index contributed by atoms with van der Waals surface area (Å²) in [6.07, 6.45) is 4.26. The number of aromatic nitrogens is 2. The second-order valence-electron chi connectivity index (χ2n) is 5.68. The zero-order valence-electron chi connectivity index (χ0n) is 12.9. The van der Waals surface area contributed by atoms with Crippen molar-refractivity contribution in [3.63, 3.8) is 0 Å². The van der Waals surface area contributed by atoms with Gasteiger partial charge < -0.3 is 14.8 Å². The molecule has 2 atom stereocenters. The maximum atomic E-state index is 10.2. The summed E-state index contributed by atoms with van der Waals surface area (Å²) in [5, 5.41) is 15.7. The number of hydrogen-bond acceptors (Lipinski definition) is 4. The van der Waals surface area contributed by atoms with Crippen molar-refractivity contribution in [3.05, 3.63) is 58.2 Å². The third kappa shape index (κ3) is 3.21. The molecule has 0 aliphatic carbocycles. The fourth-order valence-corrected chi connectivity index (χ4v) is 3.35. The van der Waals surface area contributed by atoms with Gasteiger partial charge in [-0.25, -0.2) is 4.98 Å². The van der Waals surface area contributed by atoms with Gasteiger partial charge in [-0.3, -0.25) is 0 Å². The minimum absolute atomic E-state index is 0.229. The smallest absolute Gasteiger partial charge is 0.139 e. The highest BCUT2D eigenvalue weighted by atomic mass is 32.1. The van der Waals surface area contributed by atoms with Gasteiger partial charge in [0.15, 0.2) is 0 Å². The lowest BCUT2D eigenvalue weighted by atomic mass is 10.1. The summed E-state index contributed by atoms with van der Waals surface area (Å²) in [7, 11) is 0. The Morgan fingerprint density at radius 3 is 3.00 bits per heavy atom. The van der Waals surface area contributed by atoms with E-state index in [0.29, 0.717) is 6.42 Å². The number of aliphatic hydroxyl groups is 1. The topological polar surface area (TPSA) is 49.6 Å². The Morgan fingerprint density at radius 2 is 2.23 bits per heavy atom. The van der Waals surface area contributed by atoms with Gasteiger partial charge in [-0.2, -0.15) is 0 Å². The van der Waals surface area contributed by atoms with E-state index in [2.05, 4.69) is 34.6 Å². The first-order valence-electron chi connectivity index (χ1n) is 7.51. The largest absolute Gasteiger partial charge is 0.388 e. The fourth-order valence-electron chi connectivity index (χ4n) is 2.63. The number of pyridine rings is 1. The zero-order chi connectivity index (χ0) is 15.5. The lowest BCUT2D eigenvalue weighted by Crippen LogP contribution is -2.27. The molecule has 0 bridgehead atoms. The average Bonchev–Trinajstić information content (AvgIpc) is 3.15. The molecule has 0 saturated heterocycles. The Balaban J connectivity index is 1.60. The van der Waals surface area contributed by atoms with Crippen LogP contribution in [0.3, 0.4) is 0 Å². The highest BCUT2D eigenvalue weighted by Crippen LogP contribution is 2.23. The molecule has 0 aromatic carbocycles. The number of hydrogen-bond donors (Lipinski definition) is 2. The summed E-state index contributed by atoms with van der Waals surface area (Å²) >= 11 is 1.60. The van der Waals surface area contributed by atoms with E-state index in [1.165, 1.54) is 5.56 Å². The van der Waals surface area contributed by atoms with Gasteiger partial charge >= 0.3 is 0 Å². The molecule has 2 N–H and O–H groups in total. The van der Waals surface area contributed by atoms with E-state index < -0.39 is 6.10 Å². The normalized spacial score (nSPS) is 14.3. The summed E-state index contributed by atoms with van der Waals surface area (Å²) < 4.78 is 2.12. The second kappa shape index (κ2) is 6.60. The molecule has 2 unspecified atom stereocenters. The zero-order valence-corrected chi connectivity index (χ0v) is 13.7. The van der Waals surface area contributed by atoms with Crippen molar-refractivity contribution in [3.8, 4) is 0 Å². The van der Waals surface area contributed by atoms with Gasteiger partial charge in [0, 0.05) is 23.7 Å². The van der Waals surface area contributed by atoms with E-state index in [-0.39, 0.29) is 6.04 Å². The molecule has 5 heteroatoms. The first kappa shape index (κ1) is 15.2. The highest BCUT2D eigenvalue weighted by Gasteiger charge is 2.13. The van der Waals surface area contributed by atoms with Crippen LogP contribution in [0, 0.1) is 6.92 Å². The maximum Gasteiger partial charge on any atom is 0.139 e. The SMILES string of the molecule is Cc1cccn2c(CNC(C)CC(O)c3cccs3)cnc12. The second-order valence-corrected chi connectivity index (χ2v) is 6.66. The lowest BCUT2D eigenvalue weighted by Gasteiger charge is -2.17. The summed E-state index contributed by atoms with van der Waals surface area (Å²) in [5.74, 6) is 0. The predicted molar refractivity (Wildman–Crippen MR) is 90.1 cm³/mol. The van der Waals surface area contributed by atoms with E-state index in [1.807, 2.05) is 36.0 Å². The van der Waals surface area contributed by atoms with Gasteiger partial charge in [0.05, 0.1) is 18.0 Å². The van der Waals surface area contributed by atoms with Gasteiger partial charge in [0.25, 0.3) is 0 Å². The minimum atomic E-state index is -0.396. The molecule has 0 spiro atoms. The molecule has 0 aliphatic rings. The molecular formula is C17H21N3OS. The van der Waals surface area contributed by atoms with Crippen LogP contribution in [0.5, 0.6) is 0 Å². The van der Waals surface area contributed by atoms with Crippen LogP contribution in [0.1, 0.15) is 35.6 Å². The van der Waals surface area contributed by atoms with Gasteiger partial charge in [-0.15, -0.1) is 11.3 Å². The highest BCUT2D eigenvalue weighted by molar-refractivity contribution is 7.10. The first-order valence-corrected chi connectivity index (χ1v) is 8.39. The third-order valence-electron chi connectivity index (χ3n) is 3.89. The first-order chi connectivity index (χ1) is 10.6. The number of nitrogens with one attached hydrogen (secondary N) is 1. The molecule has 0 aliphatic heterocycles. The van der Waals surface area contributed by atoms with Crippen molar-refractivity contribution in [1.29, 1.82) is 0 Å². The van der Waals surface area contributed by atoms with Crippen LogP contribution in [-0.4, -0.2) is 20.5 Å². The number of aryl methyl sites for hydroxylation is 1. The number of nitrogens with zero attached hydrogens (tertiary/aromatic N) is 2. The van der Waals surface area contributed by atoms with Crippen LogP contribution in [0.4, 0.5) is 0 Å². The summed E-state index contributed by atoms with van der Waals surface area (Å²) in [6.45, 7) is 4.91. The molecular weight excluding hydrogens is 294 g/mol. The monoisotopic (exact) mass is 315 g/mol. The quantitative estimate of drug-likeness (QED) is 0.734. The third-order valence-corrected chi connectivity index (χ3v) is 4.86. The van der Waals surface area contributed by atoms with Crippen molar-refractivity contribution < 1.29 is 5.11 Å². The van der Waals surface area contributed by atoms with Crippen molar-refractivity contribution in [2.45, 2.75) is 39.0 Å². The number of rotatable bonds is 6. The minimum Gasteiger partial charge on any atom is -0.388 e. The Bertz CT molecular complexity index is 736. The van der Waals surface area contributed by atoms with Gasteiger partial charge in [-0.05, 0) is 43.3 Å². The van der Waals surface area contributed by atoms with Crippen molar-refractivity contribution in [2.24, 2.45) is 0 Å². The van der Waals surface area contributed by atoms with Crippen LogP contribution < -0.4 is 5.32 Å². The molecule has 4 nitrogen and oxygen atoms in total. The molecule has 0 fully saturated rings. The number of thiophene rings is 1. The summed E-state index contributed by atoms with van der Waals surface area (Å²) in [6, 6.07) is 8.29. The number of fused-ring (bicyclic) bond motifs is 1. The Labute approximate surface area is 134 Å². The molecule has 3 heterocycles. The molecule has 0 radical (unpaired) electrons. The summed E-state index contributed by atoms with van der Waals surface area (Å²) in [4.78, 5) is 5.50. The van der Waals surface area contributed by atoms with Gasteiger partial charge in [-0.1, -0.05) is 12.1 Å². The van der Waals surface area contributed by atoms with Gasteiger partial charge in [0.2, 0.25) is 0 Å². The van der Waals surface area contributed by atoms with Crippen LogP contribution in [0.25, 0.3) is 5.65 Å².